The van der Waals surface area contributed by atoms with E-state index in [4.69, 9.17) is 0 Å². The van der Waals surface area contributed by atoms with E-state index in [0.29, 0.717) is 22.1 Å². The molecule has 0 aromatic rings. The Kier molecular flexibility index (Phi) is 6.70. The van der Waals surface area contributed by atoms with Crippen LogP contribution in [0.15, 0.2) is 0 Å². The first-order valence-electron chi connectivity index (χ1n) is 6.30. The Morgan fingerprint density at radius 1 is 0.778 bits per heavy atom. The summed E-state index contributed by atoms with van der Waals surface area (Å²) in [5.41, 5.74) is 0. The van der Waals surface area contributed by atoms with Crippen LogP contribution in [0.4, 0.5) is 0 Å². The van der Waals surface area contributed by atoms with E-state index in [-0.39, 0.29) is 13.1 Å². The molecule has 0 aliphatic carbocycles. The van der Waals surface area contributed by atoms with Crippen LogP contribution in [0.5, 0.6) is 0 Å². The number of hydroxylamine groups is 2. The molecule has 0 aliphatic heterocycles. The first kappa shape index (κ1) is 17.8. The molecule has 0 aliphatic rings. The van der Waals surface area contributed by atoms with E-state index in [1.165, 1.54) is 0 Å². The zero-order valence-electron chi connectivity index (χ0n) is 12.7. The third-order valence-electron chi connectivity index (χ3n) is 2.36. The lowest BCUT2D eigenvalue weighted by Crippen LogP contribution is -2.48. The fourth-order valence-electron chi connectivity index (χ4n) is 1.94. The standard InChI is InChI=1S/C12H31N3O3/c1-14(2,3)9-11(16)7-13(18)8-12(17)10-15(4,5)6/h11-12,16-18H,7-10H2,1-6H3/q+2. The highest BCUT2D eigenvalue weighted by molar-refractivity contribution is 4.62. The first-order chi connectivity index (χ1) is 7.89. The van der Waals surface area contributed by atoms with E-state index in [9.17, 15) is 15.4 Å². The number of hydrogen-bond donors (Lipinski definition) is 3. The van der Waals surface area contributed by atoms with Crippen LogP contribution in [0, 0.1) is 0 Å². The molecular weight excluding hydrogens is 234 g/mol. The zero-order valence-corrected chi connectivity index (χ0v) is 12.7. The van der Waals surface area contributed by atoms with E-state index in [0.717, 1.165) is 5.06 Å². The zero-order chi connectivity index (χ0) is 14.6. The minimum Gasteiger partial charge on any atom is -0.386 e. The van der Waals surface area contributed by atoms with Gasteiger partial charge in [-0.1, -0.05) is 0 Å². The van der Waals surface area contributed by atoms with Crippen molar-refractivity contribution in [1.82, 2.24) is 5.06 Å². The molecule has 0 saturated heterocycles. The molecule has 0 amide bonds. The SMILES string of the molecule is C[N+](C)(C)CC(O)CN(O)CC(O)C[N+](C)(C)C. The second-order valence-corrected chi connectivity index (χ2v) is 7.13. The fraction of sp³-hybridized carbons (Fsp3) is 1.00. The van der Waals surface area contributed by atoms with Crippen molar-refractivity contribution in [1.29, 1.82) is 0 Å². The van der Waals surface area contributed by atoms with E-state index >= 15 is 0 Å². The molecule has 110 valence electrons. The molecule has 6 heteroatoms. The van der Waals surface area contributed by atoms with Crippen molar-refractivity contribution in [3.05, 3.63) is 0 Å². The van der Waals surface area contributed by atoms with Crippen LogP contribution in [0.1, 0.15) is 0 Å². The third kappa shape index (κ3) is 10.9. The predicted octanol–water partition coefficient (Wildman–Crippen LogP) is -1.19. The van der Waals surface area contributed by atoms with Gasteiger partial charge in [-0.15, -0.1) is 0 Å². The van der Waals surface area contributed by atoms with Crippen LogP contribution >= 0.6 is 0 Å². The molecule has 0 aromatic heterocycles. The highest BCUT2D eigenvalue weighted by atomic mass is 16.5. The van der Waals surface area contributed by atoms with Gasteiger partial charge in [-0.25, -0.2) is 0 Å². The summed E-state index contributed by atoms with van der Waals surface area (Å²) < 4.78 is 1.27. The van der Waals surface area contributed by atoms with E-state index in [2.05, 4.69) is 0 Å². The fourth-order valence-corrected chi connectivity index (χ4v) is 1.94. The van der Waals surface area contributed by atoms with Crippen molar-refractivity contribution in [2.75, 3.05) is 68.5 Å². The van der Waals surface area contributed by atoms with Gasteiger partial charge in [-0.05, 0) is 0 Å². The Bertz CT molecular complexity index is 212. The predicted molar refractivity (Wildman–Crippen MR) is 71.2 cm³/mol. The van der Waals surface area contributed by atoms with Crippen LogP contribution in [0.2, 0.25) is 0 Å². The molecule has 0 bridgehead atoms. The van der Waals surface area contributed by atoms with E-state index < -0.39 is 12.2 Å². The summed E-state index contributed by atoms with van der Waals surface area (Å²) in [6, 6.07) is 0. The maximum absolute atomic E-state index is 9.80. The Hall–Kier alpha value is -0.240. The Morgan fingerprint density at radius 2 is 1.06 bits per heavy atom. The quantitative estimate of drug-likeness (QED) is 0.381. The molecule has 0 spiro atoms. The van der Waals surface area contributed by atoms with Gasteiger partial charge < -0.3 is 24.4 Å². The molecule has 0 rings (SSSR count). The molecule has 0 saturated carbocycles. The van der Waals surface area contributed by atoms with Crippen LogP contribution < -0.4 is 0 Å². The van der Waals surface area contributed by atoms with Gasteiger partial charge in [0.25, 0.3) is 0 Å². The van der Waals surface area contributed by atoms with Crippen LogP contribution in [-0.4, -0.2) is 110 Å². The monoisotopic (exact) mass is 265 g/mol. The molecule has 0 fully saturated rings. The average molecular weight is 265 g/mol. The lowest BCUT2D eigenvalue weighted by molar-refractivity contribution is -0.874. The van der Waals surface area contributed by atoms with Gasteiger partial charge >= 0.3 is 0 Å². The first-order valence-corrected chi connectivity index (χ1v) is 6.30. The lowest BCUT2D eigenvalue weighted by Gasteiger charge is -2.30. The number of hydrogen-bond acceptors (Lipinski definition) is 4. The number of nitrogens with zero attached hydrogens (tertiary/aromatic N) is 3. The van der Waals surface area contributed by atoms with Crippen molar-refractivity contribution in [3.63, 3.8) is 0 Å². The molecule has 18 heavy (non-hydrogen) atoms. The topological polar surface area (TPSA) is 63.9 Å². The van der Waals surface area contributed by atoms with Gasteiger partial charge in [-0.2, -0.15) is 5.06 Å². The van der Waals surface area contributed by atoms with Gasteiger partial charge in [0.1, 0.15) is 25.3 Å². The van der Waals surface area contributed by atoms with Gasteiger partial charge in [0.15, 0.2) is 0 Å². The van der Waals surface area contributed by atoms with Gasteiger partial charge in [0, 0.05) is 0 Å². The Balaban J connectivity index is 4.00. The maximum Gasteiger partial charge on any atom is 0.118 e. The molecule has 6 nitrogen and oxygen atoms in total. The third-order valence-corrected chi connectivity index (χ3v) is 2.36. The number of likely N-dealkylation sites (N-methyl/N-ethyl adjacent to an activating group) is 2. The van der Waals surface area contributed by atoms with Crippen molar-refractivity contribution in [3.8, 4) is 0 Å². The minimum absolute atomic E-state index is 0.156. The van der Waals surface area contributed by atoms with Crippen LogP contribution in [0.3, 0.4) is 0 Å². The van der Waals surface area contributed by atoms with Crippen molar-refractivity contribution in [2.24, 2.45) is 0 Å². The lowest BCUT2D eigenvalue weighted by atomic mass is 10.2. The highest BCUT2D eigenvalue weighted by Gasteiger charge is 2.22. The normalized spacial score (nSPS) is 17.0. The number of quaternary nitrogens is 2. The summed E-state index contributed by atoms with van der Waals surface area (Å²) in [6.07, 6.45) is -1.21. The van der Waals surface area contributed by atoms with E-state index in [1.807, 2.05) is 42.3 Å². The molecule has 3 N–H and O–H groups in total. The maximum atomic E-state index is 9.80. The van der Waals surface area contributed by atoms with Crippen molar-refractivity contribution >= 4 is 0 Å². The second-order valence-electron chi connectivity index (χ2n) is 7.13. The number of rotatable bonds is 8. The number of aliphatic hydroxyl groups excluding tert-OH is 2. The summed E-state index contributed by atoms with van der Waals surface area (Å²) in [5.74, 6) is 0. The van der Waals surface area contributed by atoms with Crippen molar-refractivity contribution < 1.29 is 24.4 Å². The molecule has 0 aromatic carbocycles. The molecule has 2 atom stereocenters. The summed E-state index contributed by atoms with van der Waals surface area (Å²) in [4.78, 5) is 0. The summed E-state index contributed by atoms with van der Waals surface area (Å²) in [7, 11) is 11.9. The highest BCUT2D eigenvalue weighted by Crippen LogP contribution is 2.00. The van der Waals surface area contributed by atoms with Gasteiger partial charge in [-0.3, -0.25) is 0 Å². The number of aliphatic hydroxyl groups is 2. The Morgan fingerprint density at radius 3 is 1.28 bits per heavy atom. The smallest absolute Gasteiger partial charge is 0.118 e. The van der Waals surface area contributed by atoms with Crippen LogP contribution in [-0.2, 0) is 0 Å². The molecule has 0 radical (unpaired) electrons. The summed E-state index contributed by atoms with van der Waals surface area (Å²) in [6.45, 7) is 1.43. The Labute approximate surface area is 111 Å². The largest absolute Gasteiger partial charge is 0.386 e. The summed E-state index contributed by atoms with van der Waals surface area (Å²) >= 11 is 0. The molecular formula is C12H31N3O3+2. The van der Waals surface area contributed by atoms with Gasteiger partial charge in [0.05, 0.1) is 55.4 Å². The van der Waals surface area contributed by atoms with Crippen LogP contribution in [0.25, 0.3) is 0 Å². The molecule has 2 unspecified atom stereocenters. The van der Waals surface area contributed by atoms with E-state index in [1.54, 1.807) is 0 Å². The summed E-state index contributed by atoms with van der Waals surface area (Å²) in [5, 5.41) is 30.3. The average Bonchev–Trinajstić information content (AvgIpc) is 1.92. The minimum atomic E-state index is -0.605. The molecule has 0 heterocycles. The van der Waals surface area contributed by atoms with Gasteiger partial charge in [0.2, 0.25) is 0 Å². The second kappa shape index (κ2) is 6.79. The van der Waals surface area contributed by atoms with Crippen molar-refractivity contribution in [2.45, 2.75) is 12.2 Å².